The number of rotatable bonds is 5. The van der Waals surface area contributed by atoms with Gasteiger partial charge < -0.3 is 15.2 Å². The third kappa shape index (κ3) is 4.38. The minimum atomic E-state index is -1.40. The van der Waals surface area contributed by atoms with Crippen LogP contribution in [-0.2, 0) is 14.3 Å². The van der Waals surface area contributed by atoms with Crippen molar-refractivity contribution >= 4 is 17.8 Å². The Bertz CT molecular complexity index is 485. The molecule has 0 saturated carbocycles. The fourth-order valence-electron chi connectivity index (χ4n) is 1.29. The van der Waals surface area contributed by atoms with Gasteiger partial charge in [-0.2, -0.15) is 0 Å². The Balaban J connectivity index is 2.73. The highest BCUT2D eigenvalue weighted by molar-refractivity contribution is 5.97. The van der Waals surface area contributed by atoms with Crippen LogP contribution in [0.3, 0.4) is 0 Å². The van der Waals surface area contributed by atoms with Crippen molar-refractivity contribution in [2.24, 2.45) is 0 Å². The molecule has 1 atom stereocenters. The Morgan fingerprint density at radius 3 is 2.37 bits per heavy atom. The van der Waals surface area contributed by atoms with E-state index in [0.29, 0.717) is 0 Å². The smallest absolute Gasteiger partial charge is 0.326 e. The number of carboxylic acid groups (broad SMARTS) is 1. The molecule has 19 heavy (non-hydrogen) atoms. The van der Waals surface area contributed by atoms with Crippen LogP contribution in [-0.4, -0.2) is 36.1 Å². The van der Waals surface area contributed by atoms with Gasteiger partial charge in [-0.3, -0.25) is 9.59 Å². The number of ether oxygens (including phenoxy) is 1. The molecule has 1 aromatic carbocycles. The largest absolute Gasteiger partial charge is 0.480 e. The number of amides is 1. The number of carbonyl (C=O) groups excluding carboxylic acids is 2. The number of aliphatic carboxylic acids is 1. The predicted octanol–water partition coefficient (Wildman–Crippen LogP) is 0.572. The Morgan fingerprint density at radius 1 is 1.32 bits per heavy atom. The van der Waals surface area contributed by atoms with Gasteiger partial charge in [0, 0.05) is 5.56 Å². The first kappa shape index (κ1) is 14.6. The van der Waals surface area contributed by atoms with Gasteiger partial charge in [-0.15, -0.1) is 0 Å². The molecule has 1 amide bonds. The van der Waals surface area contributed by atoms with Crippen LogP contribution in [0.15, 0.2) is 24.3 Å². The molecule has 1 rings (SSSR count). The summed E-state index contributed by atoms with van der Waals surface area (Å²) in [4.78, 5) is 33.6. The van der Waals surface area contributed by atoms with Gasteiger partial charge in [0.25, 0.3) is 5.91 Å². The van der Waals surface area contributed by atoms with Gasteiger partial charge in [0.15, 0.2) is 0 Å². The number of methoxy groups -OCH3 is 1. The molecule has 0 radical (unpaired) electrons. The molecular weight excluding hydrogens is 257 g/mol. The van der Waals surface area contributed by atoms with Gasteiger partial charge in [-0.25, -0.2) is 9.18 Å². The zero-order chi connectivity index (χ0) is 14.4. The van der Waals surface area contributed by atoms with E-state index in [1.165, 1.54) is 12.1 Å². The quantitative estimate of drug-likeness (QED) is 0.762. The molecule has 0 saturated heterocycles. The van der Waals surface area contributed by atoms with E-state index in [0.717, 1.165) is 19.2 Å². The molecule has 0 spiro atoms. The standard InChI is InChI=1S/C12H12FNO5/c1-19-10(15)6-9(12(17)18)14-11(16)7-2-4-8(13)5-3-7/h2-5,9H,6H2,1H3,(H,14,16)(H,17,18)/t9-/m0/s1. The zero-order valence-corrected chi connectivity index (χ0v) is 10.1. The Kier molecular flexibility index (Phi) is 4.99. The van der Waals surface area contributed by atoms with Gasteiger partial charge >= 0.3 is 11.9 Å². The van der Waals surface area contributed by atoms with Crippen LogP contribution >= 0.6 is 0 Å². The number of esters is 1. The maximum absolute atomic E-state index is 12.7. The lowest BCUT2D eigenvalue weighted by Crippen LogP contribution is -2.42. The van der Waals surface area contributed by atoms with Gasteiger partial charge in [-0.05, 0) is 24.3 Å². The molecule has 2 N–H and O–H groups in total. The molecule has 0 unspecified atom stereocenters. The van der Waals surface area contributed by atoms with Gasteiger partial charge in [-0.1, -0.05) is 0 Å². The molecule has 0 aromatic heterocycles. The highest BCUT2D eigenvalue weighted by Gasteiger charge is 2.24. The van der Waals surface area contributed by atoms with Crippen LogP contribution in [0.4, 0.5) is 4.39 Å². The molecule has 102 valence electrons. The third-order valence-electron chi connectivity index (χ3n) is 2.31. The van der Waals surface area contributed by atoms with Crippen molar-refractivity contribution in [3.05, 3.63) is 35.6 Å². The second-order valence-corrected chi connectivity index (χ2v) is 3.65. The highest BCUT2D eigenvalue weighted by atomic mass is 19.1. The van der Waals surface area contributed by atoms with E-state index in [9.17, 15) is 18.8 Å². The number of nitrogens with one attached hydrogen (secondary N) is 1. The van der Waals surface area contributed by atoms with Crippen LogP contribution in [0.1, 0.15) is 16.8 Å². The maximum atomic E-state index is 12.7. The van der Waals surface area contributed by atoms with Crippen molar-refractivity contribution in [1.29, 1.82) is 0 Å². The van der Waals surface area contributed by atoms with E-state index in [2.05, 4.69) is 10.1 Å². The average Bonchev–Trinajstić information content (AvgIpc) is 2.38. The van der Waals surface area contributed by atoms with Crippen LogP contribution in [0, 0.1) is 5.82 Å². The topological polar surface area (TPSA) is 92.7 Å². The molecule has 0 aliphatic carbocycles. The first-order valence-electron chi connectivity index (χ1n) is 5.30. The molecule has 0 bridgehead atoms. The third-order valence-corrected chi connectivity index (χ3v) is 2.31. The lowest BCUT2D eigenvalue weighted by atomic mass is 10.1. The van der Waals surface area contributed by atoms with Crippen LogP contribution in [0.25, 0.3) is 0 Å². The number of benzene rings is 1. The molecular formula is C12H12FNO5. The van der Waals surface area contributed by atoms with E-state index < -0.39 is 36.1 Å². The fourth-order valence-corrected chi connectivity index (χ4v) is 1.29. The van der Waals surface area contributed by atoms with E-state index in [1.54, 1.807) is 0 Å². The summed E-state index contributed by atoms with van der Waals surface area (Å²) < 4.78 is 17.0. The lowest BCUT2D eigenvalue weighted by Gasteiger charge is -2.13. The summed E-state index contributed by atoms with van der Waals surface area (Å²) in [5, 5.41) is 11.0. The highest BCUT2D eigenvalue weighted by Crippen LogP contribution is 2.04. The van der Waals surface area contributed by atoms with Crippen molar-refractivity contribution in [2.45, 2.75) is 12.5 Å². The molecule has 6 nitrogen and oxygen atoms in total. The minimum Gasteiger partial charge on any atom is -0.480 e. The van der Waals surface area contributed by atoms with Crippen LogP contribution in [0.5, 0.6) is 0 Å². The zero-order valence-electron chi connectivity index (χ0n) is 10.1. The summed E-state index contributed by atoms with van der Waals surface area (Å²) in [5.41, 5.74) is 0.0949. The van der Waals surface area contributed by atoms with Gasteiger partial charge in [0.2, 0.25) is 0 Å². The normalized spacial score (nSPS) is 11.5. The summed E-state index contributed by atoms with van der Waals surface area (Å²) in [6.45, 7) is 0. The summed E-state index contributed by atoms with van der Waals surface area (Å²) in [6, 6.07) is 3.17. The predicted molar refractivity (Wildman–Crippen MR) is 61.9 cm³/mol. The summed E-state index contributed by atoms with van der Waals surface area (Å²) in [7, 11) is 1.11. The van der Waals surface area contributed by atoms with Crippen molar-refractivity contribution in [2.75, 3.05) is 7.11 Å². The number of hydrogen-bond acceptors (Lipinski definition) is 4. The summed E-state index contributed by atoms with van der Waals surface area (Å²) in [6.07, 6.45) is -0.487. The summed E-state index contributed by atoms with van der Waals surface area (Å²) in [5.74, 6) is -3.34. The van der Waals surface area contributed by atoms with Crippen LogP contribution in [0.2, 0.25) is 0 Å². The molecule has 1 aromatic rings. The minimum absolute atomic E-state index is 0.0949. The Hall–Kier alpha value is -2.44. The maximum Gasteiger partial charge on any atom is 0.326 e. The van der Waals surface area contributed by atoms with Crippen molar-refractivity contribution < 1.29 is 28.6 Å². The molecule has 0 heterocycles. The monoisotopic (exact) mass is 269 g/mol. The fraction of sp³-hybridized carbons (Fsp3) is 0.250. The molecule has 0 aliphatic rings. The Labute approximate surface area is 108 Å². The lowest BCUT2D eigenvalue weighted by molar-refractivity contribution is -0.147. The van der Waals surface area contributed by atoms with Crippen molar-refractivity contribution in [3.63, 3.8) is 0 Å². The SMILES string of the molecule is COC(=O)C[C@H](NC(=O)c1ccc(F)cc1)C(=O)O. The molecule has 0 fully saturated rings. The summed E-state index contributed by atoms with van der Waals surface area (Å²) >= 11 is 0. The Morgan fingerprint density at radius 2 is 1.89 bits per heavy atom. The van der Waals surface area contributed by atoms with Gasteiger partial charge in [0.05, 0.1) is 13.5 Å². The number of carbonyl (C=O) groups is 3. The average molecular weight is 269 g/mol. The van der Waals surface area contributed by atoms with E-state index in [1.807, 2.05) is 0 Å². The van der Waals surface area contributed by atoms with E-state index in [-0.39, 0.29) is 5.56 Å². The van der Waals surface area contributed by atoms with Gasteiger partial charge in [0.1, 0.15) is 11.9 Å². The second-order valence-electron chi connectivity index (χ2n) is 3.65. The number of hydrogen-bond donors (Lipinski definition) is 2. The number of carboxylic acids is 1. The molecule has 0 aliphatic heterocycles. The van der Waals surface area contributed by atoms with E-state index >= 15 is 0 Å². The first-order chi connectivity index (χ1) is 8.93. The second kappa shape index (κ2) is 6.48. The number of halogens is 1. The van der Waals surface area contributed by atoms with E-state index in [4.69, 9.17) is 5.11 Å². The molecule has 7 heteroatoms. The first-order valence-corrected chi connectivity index (χ1v) is 5.30. The van der Waals surface area contributed by atoms with Crippen molar-refractivity contribution in [3.8, 4) is 0 Å². The van der Waals surface area contributed by atoms with Crippen LogP contribution < -0.4 is 5.32 Å². The van der Waals surface area contributed by atoms with Crippen molar-refractivity contribution in [1.82, 2.24) is 5.32 Å².